The van der Waals surface area contributed by atoms with E-state index in [4.69, 9.17) is 4.74 Å². The Bertz CT molecular complexity index is 2530. The minimum Gasteiger partial charge on any atom is -0.506 e. The van der Waals surface area contributed by atoms with Gasteiger partial charge in [0.05, 0.1) is 29.1 Å². The maximum Gasteiger partial charge on any atom is 0.296 e. The van der Waals surface area contributed by atoms with Gasteiger partial charge in [-0.15, -0.1) is 10.2 Å². The monoisotopic (exact) mass is 744 g/mol. The van der Waals surface area contributed by atoms with Crippen LogP contribution in [-0.4, -0.2) is 69.3 Å². The van der Waals surface area contributed by atoms with E-state index in [1.54, 1.807) is 0 Å². The largest absolute Gasteiger partial charge is 0.506 e. The number of ether oxygens (including phenoxy) is 1. The molecular weight excluding hydrogens is 721 g/mol. The Kier molecular flexibility index (Phi) is 9.29. The zero-order chi connectivity index (χ0) is 36.8. The van der Waals surface area contributed by atoms with Crippen LogP contribution in [0.1, 0.15) is 6.92 Å². The third-order valence-electron chi connectivity index (χ3n) is 7.10. The molecule has 21 heteroatoms. The lowest BCUT2D eigenvalue weighted by molar-refractivity contribution is -0.117. The lowest BCUT2D eigenvalue weighted by atomic mass is 10.1. The van der Waals surface area contributed by atoms with Crippen LogP contribution in [0.15, 0.2) is 113 Å². The van der Waals surface area contributed by atoms with E-state index in [1.165, 1.54) is 37.3 Å². The summed E-state index contributed by atoms with van der Waals surface area (Å²) in [5, 5.41) is 42.8. The van der Waals surface area contributed by atoms with Gasteiger partial charge in [0.2, 0.25) is 9.84 Å². The Hall–Kier alpha value is -5.61. The number of amides is 1. The van der Waals surface area contributed by atoms with Crippen LogP contribution >= 0.6 is 0 Å². The van der Waals surface area contributed by atoms with E-state index in [-0.39, 0.29) is 33.6 Å². The van der Waals surface area contributed by atoms with Gasteiger partial charge in [0.25, 0.3) is 26.1 Å². The average Bonchev–Trinajstić information content (AvgIpc) is 3.35. The first-order chi connectivity index (χ1) is 23.3. The molecule has 50 heavy (non-hydrogen) atoms. The van der Waals surface area contributed by atoms with Crippen molar-refractivity contribution in [2.75, 3.05) is 12.1 Å². The number of anilines is 1. The molecule has 1 amide bonds. The van der Waals surface area contributed by atoms with Crippen LogP contribution in [0, 0.1) is 0 Å². The van der Waals surface area contributed by atoms with Gasteiger partial charge in [-0.05, 0) is 48.7 Å². The summed E-state index contributed by atoms with van der Waals surface area (Å²) in [6.45, 7) is 4.69. The molecule has 4 aromatic rings. The summed E-state index contributed by atoms with van der Waals surface area (Å²) < 4.78 is 96.5. The van der Waals surface area contributed by atoms with Crippen molar-refractivity contribution in [3.63, 3.8) is 0 Å². The van der Waals surface area contributed by atoms with E-state index >= 15 is 0 Å². The Labute approximate surface area is 283 Å². The predicted octanol–water partition coefficient (Wildman–Crippen LogP) is 4.96. The lowest BCUT2D eigenvalue weighted by Crippen LogP contribution is -2.29. The van der Waals surface area contributed by atoms with Crippen LogP contribution in [0.25, 0.3) is 10.8 Å². The third kappa shape index (κ3) is 6.93. The van der Waals surface area contributed by atoms with Gasteiger partial charge in [-0.2, -0.15) is 37.2 Å². The number of methoxy groups -OCH3 is 1. The fraction of sp³-hybridized carbons (Fsp3) is 0.103. The number of hydrogen-bond acceptors (Lipinski definition) is 15. The van der Waals surface area contributed by atoms with E-state index in [2.05, 4.69) is 32.1 Å². The summed E-state index contributed by atoms with van der Waals surface area (Å²) >= 11 is 0. The summed E-state index contributed by atoms with van der Waals surface area (Å²) in [6.07, 6.45) is 0. The molecule has 0 radical (unpaired) electrons. The molecule has 0 saturated carbocycles. The zero-order valence-corrected chi connectivity index (χ0v) is 28.0. The van der Waals surface area contributed by atoms with Crippen LogP contribution in [0.5, 0.6) is 17.2 Å². The molecule has 0 aromatic heterocycles. The summed E-state index contributed by atoms with van der Waals surface area (Å²) in [6, 6.07) is 10.4. The Morgan fingerprint density at radius 2 is 1.62 bits per heavy atom. The van der Waals surface area contributed by atoms with Crippen LogP contribution in [0.2, 0.25) is 0 Å². The van der Waals surface area contributed by atoms with Crippen molar-refractivity contribution in [3.8, 4) is 17.2 Å². The highest BCUT2D eigenvalue weighted by Crippen LogP contribution is 2.44. The second-order valence-corrected chi connectivity index (χ2v) is 15.0. The third-order valence-corrected chi connectivity index (χ3v) is 10.2. The number of aromatic hydroxyl groups is 2. The molecule has 1 atom stereocenters. The second kappa shape index (κ2) is 13.0. The average molecular weight is 745 g/mol. The van der Waals surface area contributed by atoms with Crippen LogP contribution in [-0.2, 0) is 34.9 Å². The number of phenolic OH excluding ortho intramolecular Hbond substituents is 2. The van der Waals surface area contributed by atoms with Gasteiger partial charge in [-0.3, -0.25) is 13.9 Å². The first-order valence-electron chi connectivity index (χ1n) is 13.7. The first kappa shape index (κ1) is 35.7. The number of hydrazone groups is 1. The lowest BCUT2D eigenvalue weighted by Gasteiger charge is -2.13. The van der Waals surface area contributed by atoms with E-state index in [0.717, 1.165) is 42.5 Å². The van der Waals surface area contributed by atoms with E-state index in [9.17, 15) is 49.4 Å². The van der Waals surface area contributed by atoms with Gasteiger partial charge in [0, 0.05) is 22.9 Å². The summed E-state index contributed by atoms with van der Waals surface area (Å²) in [4.78, 5) is 11.4. The summed E-state index contributed by atoms with van der Waals surface area (Å²) in [5.41, 5.74) is -0.866. The van der Waals surface area contributed by atoms with Crippen molar-refractivity contribution in [2.24, 2.45) is 25.6 Å². The minimum atomic E-state index is -5.02. The summed E-state index contributed by atoms with van der Waals surface area (Å²) in [7, 11) is -12.5. The smallest absolute Gasteiger partial charge is 0.296 e. The number of nitrogens with zero attached hydrogens (tertiary/aromatic N) is 6. The SMILES string of the molecule is C=CS(=O)(=O)c1cc(O)c(N=Nc2c(S(=O)(=O)O)cc3ccc(N=NC4C(=O)N(c5cccc(S(=O)(=O)O)c5)N=C4C)cc3c2O)cc1OC. The molecule has 18 nitrogen and oxygen atoms in total. The van der Waals surface area contributed by atoms with Crippen molar-refractivity contribution in [1.29, 1.82) is 0 Å². The van der Waals surface area contributed by atoms with Gasteiger partial charge < -0.3 is 14.9 Å². The number of rotatable bonds is 10. The number of hydrogen-bond donors (Lipinski definition) is 4. The molecular formula is C29H24N6O12S3. The van der Waals surface area contributed by atoms with Gasteiger partial charge in [0.15, 0.2) is 11.8 Å². The molecule has 0 aliphatic carbocycles. The fourth-order valence-electron chi connectivity index (χ4n) is 4.65. The fourth-order valence-corrected chi connectivity index (χ4v) is 6.71. The number of phenols is 2. The van der Waals surface area contributed by atoms with Crippen molar-refractivity contribution in [2.45, 2.75) is 27.7 Å². The molecule has 1 aliphatic heterocycles. The van der Waals surface area contributed by atoms with E-state index < -0.39 is 79.6 Å². The maximum atomic E-state index is 13.1. The molecule has 0 fully saturated rings. The molecule has 260 valence electrons. The number of carbonyl (C=O) groups excluding carboxylic acids is 1. The van der Waals surface area contributed by atoms with Crippen molar-refractivity contribution >= 4 is 75.2 Å². The number of sulfone groups is 1. The second-order valence-electron chi connectivity index (χ2n) is 10.3. The Morgan fingerprint density at radius 3 is 2.26 bits per heavy atom. The molecule has 0 bridgehead atoms. The number of carbonyl (C=O) groups is 1. The zero-order valence-electron chi connectivity index (χ0n) is 25.6. The van der Waals surface area contributed by atoms with Crippen molar-refractivity contribution < 1.29 is 54.1 Å². The van der Waals surface area contributed by atoms with Gasteiger partial charge in [0.1, 0.15) is 32.7 Å². The normalized spacial score (nSPS) is 15.7. The number of benzene rings is 4. The highest BCUT2D eigenvalue weighted by molar-refractivity contribution is 7.94. The highest BCUT2D eigenvalue weighted by atomic mass is 32.2. The van der Waals surface area contributed by atoms with Crippen LogP contribution < -0.4 is 9.75 Å². The Morgan fingerprint density at radius 1 is 0.900 bits per heavy atom. The molecule has 4 aromatic carbocycles. The van der Waals surface area contributed by atoms with Gasteiger partial charge in [-0.25, -0.2) is 8.42 Å². The molecule has 4 N–H and O–H groups in total. The van der Waals surface area contributed by atoms with E-state index in [0.29, 0.717) is 5.41 Å². The molecule has 0 saturated heterocycles. The molecule has 5 rings (SSSR count). The molecule has 1 heterocycles. The summed E-state index contributed by atoms with van der Waals surface area (Å²) in [5.74, 6) is -2.47. The van der Waals surface area contributed by atoms with Crippen LogP contribution in [0.4, 0.5) is 22.7 Å². The van der Waals surface area contributed by atoms with Crippen LogP contribution in [0.3, 0.4) is 0 Å². The first-order valence-corrected chi connectivity index (χ1v) is 18.1. The topological polar surface area (TPSA) is 275 Å². The quantitative estimate of drug-likeness (QED) is 0.124. The molecule has 0 spiro atoms. The minimum absolute atomic E-state index is 0.0404. The molecule has 1 aliphatic rings. The van der Waals surface area contributed by atoms with E-state index in [1.807, 2.05) is 0 Å². The van der Waals surface area contributed by atoms with Gasteiger partial charge in [-0.1, -0.05) is 18.7 Å². The molecule has 1 unspecified atom stereocenters. The van der Waals surface area contributed by atoms with Crippen molar-refractivity contribution in [1.82, 2.24) is 0 Å². The number of fused-ring (bicyclic) bond motifs is 1. The number of azo groups is 2. The van der Waals surface area contributed by atoms with Crippen molar-refractivity contribution in [3.05, 3.63) is 72.7 Å². The standard InChI is InChI=1S/C29H24N6O12S3/c1-4-48(39,40)24-14-22(36)21(13-23(24)47-3)31-33-27-25(50(44,45)46)10-16-8-9-17(11-20(16)28(27)37)30-32-26-15(2)34-35(29(26)38)18-6-5-7-19(12-18)49(41,42)43/h4-14,26,36-37H,1H2,2-3H3,(H,41,42,43)(H,44,45,46). The highest BCUT2D eigenvalue weighted by Gasteiger charge is 2.35. The van der Waals surface area contributed by atoms with Gasteiger partial charge >= 0.3 is 0 Å². The maximum absolute atomic E-state index is 13.1. The Balaban J connectivity index is 1.51. The predicted molar refractivity (Wildman–Crippen MR) is 177 cm³/mol.